The molecule has 0 radical (unpaired) electrons. The predicted octanol–water partition coefficient (Wildman–Crippen LogP) is 2.60. The van der Waals surface area contributed by atoms with Gasteiger partial charge in [-0.15, -0.1) is 0 Å². The number of carbonyl (C=O) groups is 1. The van der Waals surface area contributed by atoms with E-state index in [0.29, 0.717) is 6.04 Å². The molecule has 1 amide bonds. The fourth-order valence-electron chi connectivity index (χ4n) is 3.36. The van der Waals surface area contributed by atoms with Gasteiger partial charge in [-0.05, 0) is 43.9 Å². The molecule has 22 heavy (non-hydrogen) atoms. The molecule has 2 heterocycles. The van der Waals surface area contributed by atoms with Crippen LogP contribution < -0.4 is 0 Å². The zero-order valence-electron chi connectivity index (χ0n) is 13.0. The molecule has 0 unspecified atom stereocenters. The standard InChI is InChI=1S/C16H22N4OS/c1-22-11-13-9-18-20(10-13)14-3-7-19(8-4-14)15(21)16(12-17)5-2-6-16/h9-10,14H,2-8,11H2,1H3. The number of piperidine rings is 1. The molecule has 1 aromatic heterocycles. The van der Waals surface area contributed by atoms with E-state index < -0.39 is 5.41 Å². The Hall–Kier alpha value is -1.48. The van der Waals surface area contributed by atoms with Gasteiger partial charge in [0.2, 0.25) is 5.91 Å². The molecular formula is C16H22N4OS. The van der Waals surface area contributed by atoms with Gasteiger partial charge in [0.1, 0.15) is 5.41 Å². The zero-order valence-corrected chi connectivity index (χ0v) is 13.8. The second kappa shape index (κ2) is 6.33. The highest BCUT2D eigenvalue weighted by molar-refractivity contribution is 7.97. The Morgan fingerprint density at radius 2 is 2.23 bits per heavy atom. The van der Waals surface area contributed by atoms with Crippen molar-refractivity contribution in [2.24, 2.45) is 5.41 Å². The zero-order chi connectivity index (χ0) is 15.6. The van der Waals surface area contributed by atoms with E-state index in [-0.39, 0.29) is 5.91 Å². The van der Waals surface area contributed by atoms with Gasteiger partial charge < -0.3 is 4.90 Å². The maximum atomic E-state index is 12.5. The Labute approximate surface area is 135 Å². The third-order valence-electron chi connectivity index (χ3n) is 4.92. The van der Waals surface area contributed by atoms with E-state index in [0.717, 1.165) is 50.9 Å². The number of thioether (sulfide) groups is 1. The Balaban J connectivity index is 1.58. The Morgan fingerprint density at radius 1 is 1.50 bits per heavy atom. The summed E-state index contributed by atoms with van der Waals surface area (Å²) in [5.41, 5.74) is 0.549. The molecule has 0 N–H and O–H groups in total. The quantitative estimate of drug-likeness (QED) is 0.856. The van der Waals surface area contributed by atoms with Gasteiger partial charge in [0.15, 0.2) is 0 Å². The fourth-order valence-corrected chi connectivity index (χ4v) is 3.84. The molecule has 0 aromatic carbocycles. The summed E-state index contributed by atoms with van der Waals surface area (Å²) in [6.45, 7) is 1.48. The van der Waals surface area contributed by atoms with Gasteiger partial charge in [-0.25, -0.2) is 0 Å². The SMILES string of the molecule is CSCc1cnn(C2CCN(C(=O)C3(C#N)CCC3)CC2)c1. The molecule has 6 heteroatoms. The highest BCUT2D eigenvalue weighted by Crippen LogP contribution is 2.42. The maximum Gasteiger partial charge on any atom is 0.243 e. The van der Waals surface area contributed by atoms with Gasteiger partial charge in [0.25, 0.3) is 0 Å². The number of rotatable bonds is 4. The molecule has 0 atom stereocenters. The first-order chi connectivity index (χ1) is 10.7. The summed E-state index contributed by atoms with van der Waals surface area (Å²) < 4.78 is 2.05. The van der Waals surface area contributed by atoms with Gasteiger partial charge in [-0.2, -0.15) is 22.1 Å². The van der Waals surface area contributed by atoms with Crippen molar-refractivity contribution in [1.29, 1.82) is 5.26 Å². The van der Waals surface area contributed by atoms with Crippen molar-refractivity contribution < 1.29 is 4.79 Å². The summed E-state index contributed by atoms with van der Waals surface area (Å²) in [4.78, 5) is 14.4. The van der Waals surface area contributed by atoms with Gasteiger partial charge in [0.05, 0.1) is 18.3 Å². The summed E-state index contributed by atoms with van der Waals surface area (Å²) >= 11 is 1.80. The lowest BCUT2D eigenvalue weighted by molar-refractivity contribution is -0.144. The monoisotopic (exact) mass is 318 g/mol. The molecule has 3 rings (SSSR count). The molecule has 2 fully saturated rings. The molecule has 5 nitrogen and oxygen atoms in total. The highest BCUT2D eigenvalue weighted by Gasteiger charge is 2.47. The predicted molar refractivity (Wildman–Crippen MR) is 86.2 cm³/mol. The van der Waals surface area contributed by atoms with Gasteiger partial charge in [-0.1, -0.05) is 0 Å². The van der Waals surface area contributed by atoms with E-state index in [1.54, 1.807) is 11.8 Å². The Bertz CT molecular complexity index is 579. The number of hydrogen-bond acceptors (Lipinski definition) is 4. The third-order valence-corrected chi connectivity index (χ3v) is 5.54. The largest absolute Gasteiger partial charge is 0.341 e. The van der Waals surface area contributed by atoms with Crippen molar-refractivity contribution in [1.82, 2.24) is 14.7 Å². The Morgan fingerprint density at radius 3 is 2.77 bits per heavy atom. The number of nitrogens with zero attached hydrogens (tertiary/aromatic N) is 4. The van der Waals surface area contributed by atoms with Crippen molar-refractivity contribution in [3.8, 4) is 6.07 Å². The Kier molecular flexibility index (Phi) is 4.44. The van der Waals surface area contributed by atoms with E-state index in [1.165, 1.54) is 5.56 Å². The van der Waals surface area contributed by atoms with Crippen molar-refractivity contribution in [3.05, 3.63) is 18.0 Å². The van der Waals surface area contributed by atoms with Crippen LogP contribution in [0.15, 0.2) is 12.4 Å². The van der Waals surface area contributed by atoms with Crippen LogP contribution in [0.5, 0.6) is 0 Å². The van der Waals surface area contributed by atoms with Crippen LogP contribution in [0.1, 0.15) is 43.7 Å². The highest BCUT2D eigenvalue weighted by atomic mass is 32.2. The first-order valence-electron chi connectivity index (χ1n) is 7.91. The molecule has 1 saturated carbocycles. The van der Waals surface area contributed by atoms with E-state index in [9.17, 15) is 10.1 Å². The first-order valence-corrected chi connectivity index (χ1v) is 9.30. The lowest BCUT2D eigenvalue weighted by atomic mass is 9.69. The third kappa shape index (κ3) is 2.74. The summed E-state index contributed by atoms with van der Waals surface area (Å²) in [5.74, 6) is 1.05. The maximum absolute atomic E-state index is 12.5. The topological polar surface area (TPSA) is 61.9 Å². The number of aromatic nitrogens is 2. The molecule has 1 aliphatic heterocycles. The molecule has 2 aliphatic rings. The van der Waals surface area contributed by atoms with Crippen LogP contribution in [0.3, 0.4) is 0 Å². The minimum absolute atomic E-state index is 0.0586. The van der Waals surface area contributed by atoms with E-state index in [1.807, 2.05) is 11.1 Å². The normalized spacial score (nSPS) is 21.2. The van der Waals surface area contributed by atoms with Crippen molar-refractivity contribution in [2.75, 3.05) is 19.3 Å². The van der Waals surface area contributed by atoms with E-state index in [2.05, 4.69) is 28.3 Å². The minimum atomic E-state index is -0.704. The van der Waals surface area contributed by atoms with Crippen LogP contribution in [-0.2, 0) is 10.5 Å². The fraction of sp³-hybridized carbons (Fsp3) is 0.688. The number of hydrogen-bond donors (Lipinski definition) is 0. The molecule has 1 aromatic rings. The smallest absolute Gasteiger partial charge is 0.243 e. The summed E-state index contributed by atoms with van der Waals surface area (Å²) in [6, 6.07) is 2.64. The average Bonchev–Trinajstić information content (AvgIpc) is 2.96. The summed E-state index contributed by atoms with van der Waals surface area (Å²) in [7, 11) is 0. The minimum Gasteiger partial charge on any atom is -0.341 e. The number of likely N-dealkylation sites (tertiary alicyclic amines) is 1. The molecule has 0 spiro atoms. The van der Waals surface area contributed by atoms with Crippen LogP contribution in [-0.4, -0.2) is 39.9 Å². The van der Waals surface area contributed by atoms with Crippen molar-refractivity contribution in [2.45, 2.75) is 43.9 Å². The van der Waals surface area contributed by atoms with E-state index in [4.69, 9.17) is 0 Å². The van der Waals surface area contributed by atoms with Crippen LogP contribution >= 0.6 is 11.8 Å². The van der Waals surface area contributed by atoms with Gasteiger partial charge in [-0.3, -0.25) is 9.48 Å². The number of nitriles is 1. The number of amides is 1. The van der Waals surface area contributed by atoms with Crippen LogP contribution in [0.4, 0.5) is 0 Å². The average molecular weight is 318 g/mol. The van der Waals surface area contributed by atoms with Gasteiger partial charge in [0, 0.05) is 25.0 Å². The molecular weight excluding hydrogens is 296 g/mol. The second-order valence-electron chi connectivity index (χ2n) is 6.33. The van der Waals surface area contributed by atoms with E-state index >= 15 is 0 Å². The summed E-state index contributed by atoms with van der Waals surface area (Å²) in [6.07, 6.45) is 10.5. The van der Waals surface area contributed by atoms with Crippen LogP contribution in [0.2, 0.25) is 0 Å². The molecule has 1 saturated heterocycles. The molecule has 1 aliphatic carbocycles. The lowest BCUT2D eigenvalue weighted by Gasteiger charge is -2.40. The van der Waals surface area contributed by atoms with Crippen LogP contribution in [0.25, 0.3) is 0 Å². The summed E-state index contributed by atoms with van der Waals surface area (Å²) in [5, 5.41) is 13.8. The lowest BCUT2D eigenvalue weighted by Crippen LogP contribution is -2.49. The van der Waals surface area contributed by atoms with Crippen molar-refractivity contribution >= 4 is 17.7 Å². The first kappa shape index (κ1) is 15.4. The van der Waals surface area contributed by atoms with Gasteiger partial charge >= 0.3 is 0 Å². The number of carbonyl (C=O) groups excluding carboxylic acids is 1. The van der Waals surface area contributed by atoms with Crippen molar-refractivity contribution in [3.63, 3.8) is 0 Å². The second-order valence-corrected chi connectivity index (χ2v) is 7.20. The molecule has 118 valence electrons. The van der Waals surface area contributed by atoms with Crippen LogP contribution in [0, 0.1) is 16.7 Å². The molecule has 0 bridgehead atoms.